The molecule has 0 saturated carbocycles. The third kappa shape index (κ3) is 5.46. The van der Waals surface area contributed by atoms with Crippen molar-refractivity contribution in [3.63, 3.8) is 0 Å². The average molecular weight is 379 g/mol. The van der Waals surface area contributed by atoms with Crippen molar-refractivity contribution in [1.29, 1.82) is 0 Å². The number of rotatable bonds is 7. The quantitative estimate of drug-likeness (QED) is 0.804. The minimum atomic E-state index is -0.471. The third-order valence-electron chi connectivity index (χ3n) is 3.79. The minimum absolute atomic E-state index is 0.147. The number of halogens is 2. The van der Waals surface area contributed by atoms with Crippen LogP contribution in [0.5, 0.6) is 5.75 Å². The van der Waals surface area contributed by atoms with Gasteiger partial charge in [0.2, 0.25) is 5.91 Å². The molecule has 0 heterocycles. The first-order chi connectivity index (χ1) is 12.4. The van der Waals surface area contributed by atoms with Gasteiger partial charge in [-0.15, -0.1) is 0 Å². The lowest BCUT2D eigenvalue weighted by atomic mass is 10.2. The number of amides is 2. The fourth-order valence-electron chi connectivity index (χ4n) is 2.35. The van der Waals surface area contributed by atoms with E-state index >= 15 is 0 Å². The maximum Gasteiger partial charge on any atom is 0.251 e. The predicted molar refractivity (Wildman–Crippen MR) is 97.8 cm³/mol. The molecule has 0 spiro atoms. The van der Waals surface area contributed by atoms with Crippen molar-refractivity contribution in [3.05, 3.63) is 64.4 Å². The molecule has 0 aliphatic rings. The minimum Gasteiger partial charge on any atom is -0.494 e. The Bertz CT molecular complexity index is 781. The van der Waals surface area contributed by atoms with Gasteiger partial charge >= 0.3 is 0 Å². The van der Waals surface area contributed by atoms with Crippen LogP contribution in [0.3, 0.4) is 0 Å². The van der Waals surface area contributed by atoms with Crippen LogP contribution in [-0.4, -0.2) is 37.4 Å². The SMILES string of the molecule is COc1ccc(CN(C)C(=O)CCNC(=O)c2ccc(Cl)cc2)cc1F. The van der Waals surface area contributed by atoms with Gasteiger partial charge in [0.1, 0.15) is 0 Å². The fraction of sp³-hybridized carbons (Fsp3) is 0.263. The molecule has 138 valence electrons. The molecule has 0 unspecified atom stereocenters. The fourth-order valence-corrected chi connectivity index (χ4v) is 2.47. The molecule has 5 nitrogen and oxygen atoms in total. The molecule has 2 aromatic carbocycles. The van der Waals surface area contributed by atoms with Crippen LogP contribution in [0.2, 0.25) is 5.02 Å². The van der Waals surface area contributed by atoms with Crippen molar-refractivity contribution < 1.29 is 18.7 Å². The van der Waals surface area contributed by atoms with Gasteiger partial charge in [0.15, 0.2) is 11.6 Å². The smallest absolute Gasteiger partial charge is 0.251 e. The van der Waals surface area contributed by atoms with Crippen LogP contribution in [0.4, 0.5) is 4.39 Å². The van der Waals surface area contributed by atoms with Crippen LogP contribution in [0.15, 0.2) is 42.5 Å². The Labute approximate surface area is 156 Å². The molecule has 2 aromatic rings. The molecule has 26 heavy (non-hydrogen) atoms. The summed E-state index contributed by atoms with van der Waals surface area (Å²) in [6.45, 7) is 0.479. The van der Waals surface area contributed by atoms with Crippen molar-refractivity contribution in [2.45, 2.75) is 13.0 Å². The van der Waals surface area contributed by atoms with Crippen LogP contribution in [0, 0.1) is 5.82 Å². The van der Waals surface area contributed by atoms with Gasteiger partial charge in [0.25, 0.3) is 5.91 Å². The molecular weight excluding hydrogens is 359 g/mol. The number of ether oxygens (including phenoxy) is 1. The summed E-state index contributed by atoms with van der Waals surface area (Å²) >= 11 is 5.78. The molecule has 0 aliphatic carbocycles. The first-order valence-corrected chi connectivity index (χ1v) is 8.38. The highest BCUT2D eigenvalue weighted by Gasteiger charge is 2.12. The average Bonchev–Trinajstić information content (AvgIpc) is 2.62. The Hall–Kier alpha value is -2.60. The van der Waals surface area contributed by atoms with E-state index in [1.807, 2.05) is 0 Å². The molecule has 0 aliphatic heterocycles. The number of nitrogens with one attached hydrogen (secondary N) is 1. The van der Waals surface area contributed by atoms with E-state index in [0.717, 1.165) is 0 Å². The standard InChI is InChI=1S/C19H20ClFN2O3/c1-23(12-13-3-8-17(26-2)16(21)11-13)18(24)9-10-22-19(25)14-4-6-15(20)7-5-14/h3-8,11H,9-10,12H2,1-2H3,(H,22,25). The number of hydrogen-bond donors (Lipinski definition) is 1. The maximum atomic E-state index is 13.7. The molecule has 2 amide bonds. The zero-order valence-electron chi connectivity index (χ0n) is 14.6. The van der Waals surface area contributed by atoms with E-state index in [-0.39, 0.29) is 37.1 Å². The Kier molecular flexibility index (Phi) is 6.97. The molecule has 7 heteroatoms. The highest BCUT2D eigenvalue weighted by molar-refractivity contribution is 6.30. The maximum absolute atomic E-state index is 13.7. The number of carbonyl (C=O) groups is 2. The normalized spacial score (nSPS) is 10.3. The van der Waals surface area contributed by atoms with Gasteiger partial charge in [-0.25, -0.2) is 4.39 Å². The lowest BCUT2D eigenvalue weighted by molar-refractivity contribution is -0.130. The van der Waals surface area contributed by atoms with E-state index in [9.17, 15) is 14.0 Å². The summed E-state index contributed by atoms with van der Waals surface area (Å²) < 4.78 is 18.6. The van der Waals surface area contributed by atoms with Crippen molar-refractivity contribution in [2.24, 2.45) is 0 Å². The molecule has 0 aromatic heterocycles. The molecule has 0 saturated heterocycles. The summed E-state index contributed by atoms with van der Waals surface area (Å²) in [5.74, 6) is -0.735. The van der Waals surface area contributed by atoms with E-state index in [1.165, 1.54) is 24.1 Å². The lowest BCUT2D eigenvalue weighted by Crippen LogP contribution is -2.31. The summed E-state index contributed by atoms with van der Waals surface area (Å²) in [5.41, 5.74) is 1.13. The molecule has 0 radical (unpaired) electrons. The number of hydrogen-bond acceptors (Lipinski definition) is 3. The van der Waals surface area contributed by atoms with Crippen LogP contribution < -0.4 is 10.1 Å². The summed E-state index contributed by atoms with van der Waals surface area (Å²) in [4.78, 5) is 25.6. The van der Waals surface area contributed by atoms with E-state index < -0.39 is 5.82 Å². The van der Waals surface area contributed by atoms with Crippen LogP contribution >= 0.6 is 11.6 Å². The molecule has 2 rings (SSSR count). The zero-order chi connectivity index (χ0) is 19.1. The topological polar surface area (TPSA) is 58.6 Å². The van der Waals surface area contributed by atoms with E-state index in [0.29, 0.717) is 16.1 Å². The van der Waals surface area contributed by atoms with E-state index in [4.69, 9.17) is 16.3 Å². The van der Waals surface area contributed by atoms with E-state index in [2.05, 4.69) is 5.32 Å². The van der Waals surface area contributed by atoms with Crippen LogP contribution in [0.1, 0.15) is 22.3 Å². The van der Waals surface area contributed by atoms with Gasteiger partial charge in [-0.05, 0) is 42.0 Å². The second-order valence-corrected chi connectivity index (χ2v) is 6.17. The highest BCUT2D eigenvalue weighted by Crippen LogP contribution is 2.18. The van der Waals surface area contributed by atoms with Crippen LogP contribution in [-0.2, 0) is 11.3 Å². The van der Waals surface area contributed by atoms with Gasteiger partial charge in [-0.3, -0.25) is 9.59 Å². The Morgan fingerprint density at radius 2 is 1.88 bits per heavy atom. The first-order valence-electron chi connectivity index (χ1n) is 8.01. The number of methoxy groups -OCH3 is 1. The third-order valence-corrected chi connectivity index (χ3v) is 4.04. The lowest BCUT2D eigenvalue weighted by Gasteiger charge is -2.18. The van der Waals surface area contributed by atoms with Gasteiger partial charge < -0.3 is 15.0 Å². The largest absolute Gasteiger partial charge is 0.494 e. The van der Waals surface area contributed by atoms with Crippen molar-refractivity contribution in [1.82, 2.24) is 10.2 Å². The van der Waals surface area contributed by atoms with Gasteiger partial charge in [-0.2, -0.15) is 0 Å². The summed E-state index contributed by atoms with van der Waals surface area (Å²) in [5, 5.41) is 3.24. The number of benzene rings is 2. The molecule has 1 N–H and O–H groups in total. The Morgan fingerprint density at radius 3 is 2.50 bits per heavy atom. The monoisotopic (exact) mass is 378 g/mol. The van der Waals surface area contributed by atoms with Crippen molar-refractivity contribution >= 4 is 23.4 Å². The Balaban J connectivity index is 1.80. The summed E-state index contributed by atoms with van der Waals surface area (Å²) in [6.07, 6.45) is 0.147. The predicted octanol–water partition coefficient (Wildman–Crippen LogP) is 3.27. The number of nitrogens with zero attached hydrogens (tertiary/aromatic N) is 1. The van der Waals surface area contributed by atoms with Crippen molar-refractivity contribution in [2.75, 3.05) is 20.7 Å². The second kappa shape index (κ2) is 9.20. The first kappa shape index (κ1) is 19.7. The van der Waals surface area contributed by atoms with Gasteiger partial charge in [0, 0.05) is 37.1 Å². The molecule has 0 atom stereocenters. The molecule has 0 bridgehead atoms. The van der Waals surface area contributed by atoms with Crippen LogP contribution in [0.25, 0.3) is 0 Å². The highest BCUT2D eigenvalue weighted by atomic mass is 35.5. The molecule has 0 fully saturated rings. The molecular formula is C19H20ClFN2O3. The second-order valence-electron chi connectivity index (χ2n) is 5.73. The van der Waals surface area contributed by atoms with Gasteiger partial charge in [0.05, 0.1) is 7.11 Å². The summed E-state index contributed by atoms with van der Waals surface area (Å²) in [6, 6.07) is 11.1. The number of carbonyl (C=O) groups excluding carboxylic acids is 2. The van der Waals surface area contributed by atoms with Gasteiger partial charge in [-0.1, -0.05) is 17.7 Å². The zero-order valence-corrected chi connectivity index (χ0v) is 15.3. The van der Waals surface area contributed by atoms with E-state index in [1.54, 1.807) is 37.4 Å². The Morgan fingerprint density at radius 1 is 1.19 bits per heavy atom. The van der Waals surface area contributed by atoms with Crippen molar-refractivity contribution in [3.8, 4) is 5.75 Å². The summed E-state index contributed by atoms with van der Waals surface area (Å²) in [7, 11) is 3.03.